The van der Waals surface area contributed by atoms with Gasteiger partial charge in [-0.25, -0.2) is 0 Å². The Kier molecular flexibility index (Phi) is 3.89. The van der Waals surface area contributed by atoms with Crippen LogP contribution in [0.3, 0.4) is 0 Å². The summed E-state index contributed by atoms with van der Waals surface area (Å²) in [4.78, 5) is 11.9. The molecule has 2 aromatic carbocycles. The minimum atomic E-state index is -1.29. The maximum Gasteiger partial charge on any atom is 0.159 e. The number of hydrogen-bond acceptors (Lipinski definition) is 3. The van der Waals surface area contributed by atoms with E-state index in [0.717, 1.165) is 15.8 Å². The summed E-state index contributed by atoms with van der Waals surface area (Å²) in [6, 6.07) is 14.7. The molecule has 1 N–H and O–H groups in total. The molecule has 1 atom stereocenters. The highest BCUT2D eigenvalue weighted by Gasteiger charge is 2.41. The fraction of sp³-hybridized carbons (Fsp3) is 0.167. The standard InChI is InChI=1S/C18H15BrO3/c1-22-16-8-2-12(3-9-16)17-10-15(20)11-18(17,21)13-4-6-14(19)7-5-13/h2-10,21H,11H2,1H3. The number of carbonyl (C=O) groups is 1. The quantitative estimate of drug-likeness (QED) is 0.909. The van der Waals surface area contributed by atoms with Gasteiger partial charge in [-0.05, 0) is 47.0 Å². The number of carbonyl (C=O) groups excluding carboxylic acids is 1. The number of ketones is 1. The van der Waals surface area contributed by atoms with E-state index in [0.29, 0.717) is 11.1 Å². The lowest BCUT2D eigenvalue weighted by Crippen LogP contribution is -2.25. The van der Waals surface area contributed by atoms with Gasteiger partial charge in [0.1, 0.15) is 11.4 Å². The van der Waals surface area contributed by atoms with Gasteiger partial charge in [0.05, 0.1) is 7.11 Å². The van der Waals surface area contributed by atoms with Crippen LogP contribution in [0, 0.1) is 0 Å². The molecule has 0 amide bonds. The van der Waals surface area contributed by atoms with Gasteiger partial charge >= 0.3 is 0 Å². The molecule has 2 aromatic rings. The molecule has 0 aromatic heterocycles. The molecule has 1 aliphatic rings. The van der Waals surface area contributed by atoms with E-state index in [9.17, 15) is 9.90 Å². The van der Waals surface area contributed by atoms with Crippen LogP contribution in [0.1, 0.15) is 17.5 Å². The van der Waals surface area contributed by atoms with Crippen LogP contribution in [-0.2, 0) is 10.4 Å². The van der Waals surface area contributed by atoms with Crippen LogP contribution in [0.2, 0.25) is 0 Å². The molecule has 0 aliphatic heterocycles. The van der Waals surface area contributed by atoms with Gasteiger partial charge in [0.15, 0.2) is 5.78 Å². The molecule has 1 aliphatic carbocycles. The SMILES string of the molecule is COc1ccc(C2=CC(=O)CC2(O)c2ccc(Br)cc2)cc1. The zero-order chi connectivity index (χ0) is 15.7. The van der Waals surface area contributed by atoms with Crippen molar-refractivity contribution in [3.63, 3.8) is 0 Å². The smallest absolute Gasteiger partial charge is 0.159 e. The molecule has 4 heteroatoms. The van der Waals surface area contributed by atoms with Crippen molar-refractivity contribution >= 4 is 27.3 Å². The number of ether oxygens (including phenoxy) is 1. The third-order valence-corrected chi connectivity index (χ3v) is 4.43. The lowest BCUT2D eigenvalue weighted by Gasteiger charge is -2.27. The largest absolute Gasteiger partial charge is 0.497 e. The minimum Gasteiger partial charge on any atom is -0.497 e. The fourth-order valence-corrected chi connectivity index (χ4v) is 3.02. The van der Waals surface area contributed by atoms with E-state index in [4.69, 9.17) is 4.74 Å². The molecule has 0 bridgehead atoms. The zero-order valence-corrected chi connectivity index (χ0v) is 13.6. The van der Waals surface area contributed by atoms with Crippen LogP contribution in [0.25, 0.3) is 5.57 Å². The summed E-state index contributed by atoms with van der Waals surface area (Å²) in [6.07, 6.45) is 1.60. The van der Waals surface area contributed by atoms with Gasteiger partial charge in [0, 0.05) is 10.9 Å². The predicted octanol–water partition coefficient (Wildman–Crippen LogP) is 3.70. The first-order valence-corrected chi connectivity index (χ1v) is 7.70. The lowest BCUT2D eigenvalue weighted by atomic mass is 9.84. The Labute approximate surface area is 137 Å². The summed E-state index contributed by atoms with van der Waals surface area (Å²) >= 11 is 3.38. The van der Waals surface area contributed by atoms with E-state index in [2.05, 4.69) is 15.9 Å². The fourth-order valence-electron chi connectivity index (χ4n) is 2.75. The van der Waals surface area contributed by atoms with E-state index in [1.807, 2.05) is 48.5 Å². The predicted molar refractivity (Wildman–Crippen MR) is 88.6 cm³/mol. The minimum absolute atomic E-state index is 0.0655. The van der Waals surface area contributed by atoms with Crippen LogP contribution >= 0.6 is 15.9 Å². The van der Waals surface area contributed by atoms with Crippen molar-refractivity contribution in [1.82, 2.24) is 0 Å². The second-order valence-corrected chi connectivity index (χ2v) is 6.21. The Bertz CT molecular complexity index is 732. The average Bonchev–Trinajstić information content (AvgIpc) is 2.84. The zero-order valence-electron chi connectivity index (χ0n) is 12.0. The number of allylic oxidation sites excluding steroid dienone is 1. The molecule has 0 saturated heterocycles. The van der Waals surface area contributed by atoms with E-state index < -0.39 is 5.60 Å². The van der Waals surface area contributed by atoms with E-state index in [1.54, 1.807) is 7.11 Å². The van der Waals surface area contributed by atoms with Gasteiger partial charge in [0.2, 0.25) is 0 Å². The molecule has 0 fully saturated rings. The summed E-state index contributed by atoms with van der Waals surface area (Å²) in [5.74, 6) is 0.664. The van der Waals surface area contributed by atoms with Crippen molar-refractivity contribution in [3.8, 4) is 5.75 Å². The molecular formula is C18H15BrO3. The number of hydrogen-bond donors (Lipinski definition) is 1. The molecule has 0 saturated carbocycles. The number of aliphatic hydroxyl groups is 1. The van der Waals surface area contributed by atoms with Crippen molar-refractivity contribution in [2.24, 2.45) is 0 Å². The first-order chi connectivity index (χ1) is 10.5. The van der Waals surface area contributed by atoms with Gasteiger partial charge < -0.3 is 9.84 Å². The van der Waals surface area contributed by atoms with Gasteiger partial charge in [-0.2, -0.15) is 0 Å². The van der Waals surface area contributed by atoms with Crippen LogP contribution in [0.15, 0.2) is 59.1 Å². The summed E-state index contributed by atoms with van der Waals surface area (Å²) in [5.41, 5.74) is 0.870. The molecule has 1 unspecified atom stereocenters. The highest BCUT2D eigenvalue weighted by atomic mass is 79.9. The maximum absolute atomic E-state index is 11.9. The summed E-state index contributed by atoms with van der Waals surface area (Å²) in [6.45, 7) is 0. The third-order valence-electron chi connectivity index (χ3n) is 3.90. The van der Waals surface area contributed by atoms with Crippen molar-refractivity contribution in [2.45, 2.75) is 12.0 Å². The van der Waals surface area contributed by atoms with Gasteiger partial charge in [0.25, 0.3) is 0 Å². The monoisotopic (exact) mass is 358 g/mol. The van der Waals surface area contributed by atoms with E-state index >= 15 is 0 Å². The van der Waals surface area contributed by atoms with Gasteiger partial charge in [-0.15, -0.1) is 0 Å². The Morgan fingerprint density at radius 2 is 1.73 bits per heavy atom. The topological polar surface area (TPSA) is 46.5 Å². The normalized spacial score (nSPS) is 20.9. The Hall–Kier alpha value is -1.91. The maximum atomic E-state index is 11.9. The molecule has 3 nitrogen and oxygen atoms in total. The number of halogens is 1. The second-order valence-electron chi connectivity index (χ2n) is 5.30. The van der Waals surface area contributed by atoms with Crippen LogP contribution in [0.5, 0.6) is 5.75 Å². The number of benzene rings is 2. The Morgan fingerprint density at radius 3 is 2.32 bits per heavy atom. The van der Waals surface area contributed by atoms with Crippen molar-refractivity contribution in [1.29, 1.82) is 0 Å². The first-order valence-electron chi connectivity index (χ1n) is 6.91. The molecule has 0 heterocycles. The second kappa shape index (κ2) is 5.71. The number of rotatable bonds is 3. The van der Waals surface area contributed by atoms with Crippen molar-refractivity contribution in [3.05, 3.63) is 70.2 Å². The molecular weight excluding hydrogens is 344 g/mol. The van der Waals surface area contributed by atoms with Gasteiger partial charge in [-0.3, -0.25) is 4.79 Å². The summed E-state index contributed by atoms with van der Waals surface area (Å²) < 4.78 is 6.08. The molecule has 0 spiro atoms. The molecule has 112 valence electrons. The molecule has 22 heavy (non-hydrogen) atoms. The highest BCUT2D eigenvalue weighted by molar-refractivity contribution is 9.10. The Morgan fingerprint density at radius 1 is 1.09 bits per heavy atom. The Balaban J connectivity index is 2.05. The van der Waals surface area contributed by atoms with Crippen molar-refractivity contribution in [2.75, 3.05) is 7.11 Å². The summed E-state index contributed by atoms with van der Waals surface area (Å²) in [7, 11) is 1.60. The summed E-state index contributed by atoms with van der Waals surface area (Å²) in [5, 5.41) is 11.1. The molecule has 3 rings (SSSR count). The average molecular weight is 359 g/mol. The highest BCUT2D eigenvalue weighted by Crippen LogP contribution is 2.44. The van der Waals surface area contributed by atoms with Crippen molar-refractivity contribution < 1.29 is 14.6 Å². The number of methoxy groups -OCH3 is 1. The van der Waals surface area contributed by atoms with Crippen LogP contribution in [0.4, 0.5) is 0 Å². The van der Waals surface area contributed by atoms with E-state index in [1.165, 1.54) is 6.08 Å². The lowest BCUT2D eigenvalue weighted by molar-refractivity contribution is -0.116. The molecule has 0 radical (unpaired) electrons. The van der Waals surface area contributed by atoms with Gasteiger partial charge in [-0.1, -0.05) is 40.2 Å². The van der Waals surface area contributed by atoms with E-state index in [-0.39, 0.29) is 12.2 Å². The van der Waals surface area contributed by atoms with Crippen LogP contribution in [-0.4, -0.2) is 18.0 Å². The third kappa shape index (κ3) is 2.60. The first kappa shape index (κ1) is 15.0. The van der Waals surface area contributed by atoms with Crippen LogP contribution < -0.4 is 4.74 Å².